The van der Waals surface area contributed by atoms with E-state index in [2.05, 4.69) is 10.6 Å². The summed E-state index contributed by atoms with van der Waals surface area (Å²) in [5, 5.41) is 5.47. The topological polar surface area (TPSA) is 81.8 Å². The van der Waals surface area contributed by atoms with Gasteiger partial charge in [0.05, 0.1) is 0 Å². The van der Waals surface area contributed by atoms with Crippen molar-refractivity contribution in [1.29, 1.82) is 0 Å². The van der Waals surface area contributed by atoms with Crippen molar-refractivity contribution in [3.05, 3.63) is 24.3 Å². The van der Waals surface area contributed by atoms with Crippen LogP contribution in [0.15, 0.2) is 24.3 Å². The van der Waals surface area contributed by atoms with Crippen LogP contribution < -0.4 is 15.5 Å². The molecule has 0 unspecified atom stereocenters. The van der Waals surface area contributed by atoms with E-state index in [-0.39, 0.29) is 24.3 Å². The molecule has 24 heavy (non-hydrogen) atoms. The van der Waals surface area contributed by atoms with Crippen LogP contribution in [0.3, 0.4) is 0 Å². The Morgan fingerprint density at radius 1 is 1.04 bits per heavy atom. The number of nitrogens with zero attached hydrogens (tertiary/aromatic N) is 2. The predicted molar refractivity (Wildman–Crippen MR) is 95.0 cm³/mol. The van der Waals surface area contributed by atoms with E-state index >= 15 is 0 Å². The van der Waals surface area contributed by atoms with Crippen LogP contribution in [0.1, 0.15) is 20.3 Å². The molecule has 0 radical (unpaired) electrons. The number of benzene rings is 1. The van der Waals surface area contributed by atoms with Gasteiger partial charge in [0.2, 0.25) is 17.7 Å². The van der Waals surface area contributed by atoms with Crippen LogP contribution in [0.25, 0.3) is 0 Å². The zero-order valence-corrected chi connectivity index (χ0v) is 14.8. The molecule has 0 saturated heterocycles. The third-order valence-corrected chi connectivity index (χ3v) is 3.29. The van der Waals surface area contributed by atoms with Crippen LogP contribution in [0.5, 0.6) is 0 Å². The lowest BCUT2D eigenvalue weighted by Crippen LogP contribution is -2.40. The lowest BCUT2D eigenvalue weighted by molar-refractivity contribution is -0.123. The predicted octanol–water partition coefficient (Wildman–Crippen LogP) is 1.07. The summed E-state index contributed by atoms with van der Waals surface area (Å²) in [7, 11) is 3.95. The fourth-order valence-electron chi connectivity index (χ4n) is 2.13. The fourth-order valence-corrected chi connectivity index (χ4v) is 2.13. The van der Waals surface area contributed by atoms with Crippen LogP contribution >= 0.6 is 0 Å². The van der Waals surface area contributed by atoms with E-state index < -0.39 is 0 Å². The monoisotopic (exact) mass is 334 g/mol. The highest BCUT2D eigenvalue weighted by atomic mass is 16.2. The Hall–Kier alpha value is -2.41. The lowest BCUT2D eigenvalue weighted by atomic mass is 10.2. The molecule has 1 aromatic carbocycles. The summed E-state index contributed by atoms with van der Waals surface area (Å²) >= 11 is 0. The first-order valence-electron chi connectivity index (χ1n) is 7.86. The number of nitrogens with one attached hydrogen (secondary N) is 2. The van der Waals surface area contributed by atoms with Crippen molar-refractivity contribution in [2.45, 2.75) is 20.3 Å². The van der Waals surface area contributed by atoms with Gasteiger partial charge in [-0.1, -0.05) is 0 Å². The molecule has 132 valence electrons. The van der Waals surface area contributed by atoms with Gasteiger partial charge >= 0.3 is 0 Å². The first-order chi connectivity index (χ1) is 11.3. The Kier molecular flexibility index (Phi) is 7.91. The van der Waals surface area contributed by atoms with E-state index in [1.807, 2.05) is 19.0 Å². The largest absolute Gasteiger partial charge is 0.355 e. The minimum Gasteiger partial charge on any atom is -0.355 e. The molecule has 0 bridgehead atoms. The van der Waals surface area contributed by atoms with Gasteiger partial charge in [0.1, 0.15) is 6.54 Å². The van der Waals surface area contributed by atoms with Crippen LogP contribution in [0.2, 0.25) is 0 Å². The molecule has 0 fully saturated rings. The molecule has 7 nitrogen and oxygen atoms in total. The molecule has 0 spiro atoms. The summed E-state index contributed by atoms with van der Waals surface area (Å²) < 4.78 is 0. The number of hydrogen-bond donors (Lipinski definition) is 2. The van der Waals surface area contributed by atoms with Crippen molar-refractivity contribution < 1.29 is 14.4 Å². The first-order valence-corrected chi connectivity index (χ1v) is 7.86. The normalized spacial score (nSPS) is 10.4. The third kappa shape index (κ3) is 7.23. The zero-order valence-electron chi connectivity index (χ0n) is 14.8. The van der Waals surface area contributed by atoms with Crippen molar-refractivity contribution >= 4 is 29.1 Å². The minimum atomic E-state index is -0.217. The molecule has 0 saturated carbocycles. The van der Waals surface area contributed by atoms with E-state index in [1.54, 1.807) is 24.3 Å². The van der Waals surface area contributed by atoms with Gasteiger partial charge in [-0.3, -0.25) is 14.4 Å². The van der Waals surface area contributed by atoms with Gasteiger partial charge in [-0.2, -0.15) is 0 Å². The second-order valence-electron chi connectivity index (χ2n) is 5.84. The van der Waals surface area contributed by atoms with E-state index in [9.17, 15) is 14.4 Å². The van der Waals surface area contributed by atoms with Gasteiger partial charge in [-0.25, -0.2) is 0 Å². The second-order valence-corrected chi connectivity index (χ2v) is 5.84. The molecule has 7 heteroatoms. The Bertz CT molecular complexity index is 570. The summed E-state index contributed by atoms with van der Waals surface area (Å²) in [4.78, 5) is 38.3. The zero-order chi connectivity index (χ0) is 18.1. The summed E-state index contributed by atoms with van der Waals surface area (Å²) in [5.74, 6) is -0.580. The van der Waals surface area contributed by atoms with E-state index in [4.69, 9.17) is 0 Å². The Balaban J connectivity index is 2.61. The lowest BCUT2D eigenvalue weighted by Gasteiger charge is -2.21. The van der Waals surface area contributed by atoms with Gasteiger partial charge in [0, 0.05) is 31.8 Å². The van der Waals surface area contributed by atoms with E-state index in [1.165, 1.54) is 18.7 Å². The molecular formula is C17H26N4O3. The van der Waals surface area contributed by atoms with E-state index in [0.29, 0.717) is 17.9 Å². The van der Waals surface area contributed by atoms with Gasteiger partial charge in [-0.15, -0.1) is 0 Å². The van der Waals surface area contributed by atoms with Crippen LogP contribution in [-0.4, -0.2) is 56.4 Å². The quantitative estimate of drug-likeness (QED) is 0.697. The maximum atomic E-state index is 12.0. The van der Waals surface area contributed by atoms with Gasteiger partial charge in [0.15, 0.2) is 0 Å². The highest BCUT2D eigenvalue weighted by Crippen LogP contribution is 2.18. The molecule has 0 aromatic heterocycles. The van der Waals surface area contributed by atoms with Crippen molar-refractivity contribution in [1.82, 2.24) is 10.2 Å². The Morgan fingerprint density at radius 3 is 2.17 bits per heavy atom. The molecule has 0 atom stereocenters. The molecule has 0 aliphatic heterocycles. The van der Waals surface area contributed by atoms with Gasteiger partial charge in [-0.05, 0) is 51.3 Å². The highest BCUT2D eigenvalue weighted by molar-refractivity contribution is 5.97. The molecule has 2 N–H and O–H groups in total. The number of amides is 3. The van der Waals surface area contributed by atoms with Crippen molar-refractivity contribution in [3.63, 3.8) is 0 Å². The number of anilines is 2. The first kappa shape index (κ1) is 19.6. The molecule has 0 aliphatic rings. The van der Waals surface area contributed by atoms with Crippen molar-refractivity contribution in [2.75, 3.05) is 43.9 Å². The maximum Gasteiger partial charge on any atom is 0.240 e. The fraction of sp³-hybridized carbons (Fsp3) is 0.471. The number of carbonyl (C=O) groups is 3. The molecule has 0 heterocycles. The minimum absolute atomic E-state index is 0.0310. The summed E-state index contributed by atoms with van der Waals surface area (Å²) in [5.41, 5.74) is 1.25. The van der Waals surface area contributed by atoms with Gasteiger partial charge in [0.25, 0.3) is 0 Å². The average molecular weight is 334 g/mol. The summed E-state index contributed by atoms with van der Waals surface area (Å²) in [6.45, 7) is 4.28. The number of carbonyl (C=O) groups excluding carboxylic acids is 3. The second kappa shape index (κ2) is 9.67. The third-order valence-electron chi connectivity index (χ3n) is 3.29. The number of rotatable bonds is 8. The van der Waals surface area contributed by atoms with Crippen molar-refractivity contribution in [3.8, 4) is 0 Å². The molecule has 1 rings (SSSR count). The number of hydrogen-bond acceptors (Lipinski definition) is 4. The Morgan fingerprint density at radius 2 is 1.67 bits per heavy atom. The smallest absolute Gasteiger partial charge is 0.240 e. The van der Waals surface area contributed by atoms with Gasteiger partial charge < -0.3 is 20.4 Å². The van der Waals surface area contributed by atoms with Crippen molar-refractivity contribution in [2.24, 2.45) is 0 Å². The van der Waals surface area contributed by atoms with Crippen LogP contribution in [-0.2, 0) is 14.4 Å². The standard InChI is InChI=1S/C17H26N4O3/c1-13(22)19-15-6-8-16(9-7-15)21(14(2)23)12-17(24)18-10-5-11-20(3)4/h6-9H,5,10-12H2,1-4H3,(H,18,24)(H,19,22). The van der Waals surface area contributed by atoms with Crippen LogP contribution in [0, 0.1) is 0 Å². The Labute approximate surface area is 143 Å². The highest BCUT2D eigenvalue weighted by Gasteiger charge is 2.15. The van der Waals surface area contributed by atoms with E-state index in [0.717, 1.165) is 13.0 Å². The molecule has 0 aliphatic carbocycles. The molecule has 3 amide bonds. The maximum absolute atomic E-state index is 12.0. The summed E-state index contributed by atoms with van der Waals surface area (Å²) in [6, 6.07) is 6.79. The van der Waals surface area contributed by atoms with Crippen LogP contribution in [0.4, 0.5) is 11.4 Å². The SMILES string of the molecule is CC(=O)Nc1ccc(N(CC(=O)NCCCN(C)C)C(C)=O)cc1. The average Bonchev–Trinajstić information content (AvgIpc) is 2.49. The molecular weight excluding hydrogens is 308 g/mol. The summed E-state index contributed by atoms with van der Waals surface area (Å²) in [6.07, 6.45) is 0.851. The molecule has 1 aromatic rings.